The third-order valence-electron chi connectivity index (χ3n) is 13.3. The Hall–Kier alpha value is -8.38. The minimum atomic E-state index is 0.635. The van der Waals surface area contributed by atoms with Crippen LogP contribution in [0.4, 0.5) is 0 Å². The minimum absolute atomic E-state index is 0.635. The number of thiophene rings is 1. The van der Waals surface area contributed by atoms with E-state index in [-0.39, 0.29) is 0 Å². The largest absolute Gasteiger partial charge is 0.309 e. The van der Waals surface area contributed by atoms with E-state index in [9.17, 15) is 0 Å². The van der Waals surface area contributed by atoms with Crippen molar-refractivity contribution in [2.45, 2.75) is 0 Å². The molecule has 4 heterocycles. The van der Waals surface area contributed by atoms with Crippen molar-refractivity contribution in [2.24, 2.45) is 0 Å². The molecule has 0 radical (unpaired) electrons. The van der Waals surface area contributed by atoms with Gasteiger partial charge in [-0.1, -0.05) is 158 Å². The van der Waals surface area contributed by atoms with Crippen LogP contribution in [0.3, 0.4) is 0 Å². The summed E-state index contributed by atoms with van der Waals surface area (Å²) in [5.74, 6) is 0.635. The van der Waals surface area contributed by atoms with Gasteiger partial charge in [-0.05, 0) is 93.3 Å². The Labute approximate surface area is 377 Å². The molecular formula is C60H36N4S. The molecule has 0 bridgehead atoms. The van der Waals surface area contributed by atoms with Crippen molar-refractivity contribution in [2.75, 3.05) is 0 Å². The Morgan fingerprint density at radius 2 is 0.831 bits per heavy atom. The summed E-state index contributed by atoms with van der Waals surface area (Å²) in [7, 11) is 0. The molecule has 0 saturated carbocycles. The highest BCUT2D eigenvalue weighted by molar-refractivity contribution is 7.25. The molecule has 0 aliphatic heterocycles. The molecule has 5 heteroatoms. The summed E-state index contributed by atoms with van der Waals surface area (Å²) in [5.41, 5.74) is 11.9. The Bertz CT molecular complexity index is 4160. The third-order valence-corrected chi connectivity index (χ3v) is 14.5. The summed E-state index contributed by atoms with van der Waals surface area (Å²) in [5, 5.41) is 12.0. The van der Waals surface area contributed by atoms with Crippen LogP contribution in [-0.2, 0) is 0 Å². The molecule has 0 fully saturated rings. The molecule has 14 rings (SSSR count). The fraction of sp³-hybridized carbons (Fsp3) is 0. The second-order valence-corrected chi connectivity index (χ2v) is 18.0. The lowest BCUT2D eigenvalue weighted by atomic mass is 9.99. The van der Waals surface area contributed by atoms with Crippen LogP contribution >= 0.6 is 11.3 Å². The lowest BCUT2D eigenvalue weighted by molar-refractivity contribution is 0.997. The number of hydrogen-bond acceptors (Lipinski definition) is 3. The quantitative estimate of drug-likeness (QED) is 0.173. The average Bonchev–Trinajstić information content (AvgIpc) is 4.03. The highest BCUT2D eigenvalue weighted by atomic mass is 32.1. The monoisotopic (exact) mass is 844 g/mol. The maximum absolute atomic E-state index is 5.49. The fourth-order valence-corrected chi connectivity index (χ4v) is 11.4. The molecule has 302 valence electrons. The first-order valence-electron chi connectivity index (χ1n) is 22.1. The van der Waals surface area contributed by atoms with Gasteiger partial charge in [-0.25, -0.2) is 9.97 Å². The number of benzene rings is 10. The van der Waals surface area contributed by atoms with E-state index >= 15 is 0 Å². The van der Waals surface area contributed by atoms with Crippen LogP contribution in [0.15, 0.2) is 218 Å². The van der Waals surface area contributed by atoms with Crippen LogP contribution in [0.1, 0.15) is 0 Å². The maximum atomic E-state index is 5.49. The van der Waals surface area contributed by atoms with Crippen LogP contribution < -0.4 is 0 Å². The first-order chi connectivity index (χ1) is 32.2. The van der Waals surface area contributed by atoms with E-state index in [0.717, 1.165) is 66.2 Å². The maximum Gasteiger partial charge on any atom is 0.235 e. The Balaban J connectivity index is 0.982. The van der Waals surface area contributed by atoms with Crippen molar-refractivity contribution < 1.29 is 0 Å². The van der Waals surface area contributed by atoms with E-state index in [1.165, 1.54) is 58.4 Å². The van der Waals surface area contributed by atoms with Gasteiger partial charge in [0.25, 0.3) is 0 Å². The molecule has 0 atom stereocenters. The zero-order valence-electron chi connectivity index (χ0n) is 35.0. The van der Waals surface area contributed by atoms with Gasteiger partial charge in [0.2, 0.25) is 5.95 Å². The summed E-state index contributed by atoms with van der Waals surface area (Å²) in [6.45, 7) is 0. The van der Waals surface area contributed by atoms with E-state index in [2.05, 4.69) is 228 Å². The van der Waals surface area contributed by atoms with Gasteiger partial charge >= 0.3 is 0 Å². The van der Waals surface area contributed by atoms with Crippen LogP contribution in [0.25, 0.3) is 131 Å². The van der Waals surface area contributed by atoms with Gasteiger partial charge in [0, 0.05) is 58.5 Å². The standard InChI is InChI=1S/C60H36N4S/c1-3-17-42-37(13-1)15-11-22-44(42)52-36-53(45-23-12-16-38-14-2-4-18-43(38)45)62-60(61-52)64-55-25-9-5-19-46(55)48-30-27-40(34-57(48)64)39-28-31-56-50(33-39)47-20-6-8-24-54(47)63(56)41-29-32-59-51(35-41)49-21-7-10-26-58(49)65-59/h1-36H. The summed E-state index contributed by atoms with van der Waals surface area (Å²) in [6.07, 6.45) is 0. The van der Waals surface area contributed by atoms with Gasteiger partial charge in [0.15, 0.2) is 0 Å². The Kier molecular flexibility index (Phi) is 7.82. The van der Waals surface area contributed by atoms with E-state index in [1.54, 1.807) is 0 Å². The van der Waals surface area contributed by atoms with Crippen LogP contribution in [0.2, 0.25) is 0 Å². The molecule has 0 unspecified atom stereocenters. The lowest BCUT2D eigenvalue weighted by Crippen LogP contribution is -2.04. The molecule has 0 amide bonds. The SMILES string of the molecule is c1ccc2c(-c3cc(-c4cccc5ccccc45)nc(-n4c5ccccc5c5ccc(-c6ccc7c(c6)c6ccccc6n7-c6ccc7sc8ccccc8c7c6)cc54)n3)cccc2c1. The molecular weight excluding hydrogens is 809 g/mol. The topological polar surface area (TPSA) is 35.6 Å². The van der Waals surface area contributed by atoms with E-state index in [4.69, 9.17) is 9.97 Å². The van der Waals surface area contributed by atoms with Gasteiger partial charge in [-0.2, -0.15) is 0 Å². The van der Waals surface area contributed by atoms with Gasteiger partial charge in [0.05, 0.1) is 33.5 Å². The molecule has 14 aromatic rings. The van der Waals surface area contributed by atoms with E-state index < -0.39 is 0 Å². The molecule has 0 saturated heterocycles. The molecule has 0 spiro atoms. The second kappa shape index (κ2) is 14.1. The number of fused-ring (bicyclic) bond motifs is 11. The summed E-state index contributed by atoms with van der Waals surface area (Å²) >= 11 is 1.86. The average molecular weight is 845 g/mol. The van der Waals surface area contributed by atoms with Crippen LogP contribution in [0, 0.1) is 0 Å². The second-order valence-electron chi connectivity index (χ2n) is 16.9. The predicted octanol–water partition coefficient (Wildman–Crippen LogP) is 16.3. The Morgan fingerprint density at radius 1 is 0.308 bits per heavy atom. The summed E-state index contributed by atoms with van der Waals surface area (Å²) < 4.78 is 7.32. The smallest absolute Gasteiger partial charge is 0.235 e. The normalized spacial score (nSPS) is 12.0. The van der Waals surface area contributed by atoms with Crippen molar-refractivity contribution in [3.05, 3.63) is 218 Å². The van der Waals surface area contributed by atoms with Gasteiger partial charge < -0.3 is 4.57 Å². The van der Waals surface area contributed by atoms with E-state index in [1.807, 2.05) is 11.3 Å². The predicted molar refractivity (Wildman–Crippen MR) is 275 cm³/mol. The van der Waals surface area contributed by atoms with Crippen LogP contribution in [0.5, 0.6) is 0 Å². The summed E-state index contributed by atoms with van der Waals surface area (Å²) in [6, 6.07) is 79.1. The molecule has 65 heavy (non-hydrogen) atoms. The van der Waals surface area contributed by atoms with Crippen molar-refractivity contribution in [1.29, 1.82) is 0 Å². The Morgan fingerprint density at radius 3 is 1.55 bits per heavy atom. The third kappa shape index (κ3) is 5.56. The van der Waals surface area contributed by atoms with Crippen molar-refractivity contribution in [3.63, 3.8) is 0 Å². The van der Waals surface area contributed by atoms with Crippen LogP contribution in [-0.4, -0.2) is 19.1 Å². The zero-order valence-corrected chi connectivity index (χ0v) is 35.8. The molecule has 4 aromatic heterocycles. The molecule has 0 N–H and O–H groups in total. The van der Waals surface area contributed by atoms with Gasteiger partial charge in [-0.3, -0.25) is 4.57 Å². The fourth-order valence-electron chi connectivity index (χ4n) is 10.4. The highest BCUT2D eigenvalue weighted by Gasteiger charge is 2.20. The molecule has 10 aromatic carbocycles. The number of hydrogen-bond donors (Lipinski definition) is 0. The number of nitrogens with zero attached hydrogens (tertiary/aromatic N) is 4. The first-order valence-corrected chi connectivity index (χ1v) is 22.9. The highest BCUT2D eigenvalue weighted by Crippen LogP contribution is 2.41. The molecule has 4 nitrogen and oxygen atoms in total. The van der Waals surface area contributed by atoms with Gasteiger partial charge in [-0.15, -0.1) is 11.3 Å². The first kappa shape index (κ1) is 36.1. The molecule has 0 aliphatic rings. The lowest BCUT2D eigenvalue weighted by Gasteiger charge is -2.14. The van der Waals surface area contributed by atoms with Crippen molar-refractivity contribution in [1.82, 2.24) is 19.1 Å². The zero-order chi connectivity index (χ0) is 42.6. The number of aromatic nitrogens is 4. The van der Waals surface area contributed by atoms with E-state index in [0.29, 0.717) is 5.95 Å². The van der Waals surface area contributed by atoms with Gasteiger partial charge in [0.1, 0.15) is 0 Å². The minimum Gasteiger partial charge on any atom is -0.309 e. The van der Waals surface area contributed by atoms with Crippen molar-refractivity contribution >= 4 is 96.7 Å². The number of rotatable bonds is 5. The summed E-state index contributed by atoms with van der Waals surface area (Å²) in [4.78, 5) is 11.0. The van der Waals surface area contributed by atoms with Crippen molar-refractivity contribution in [3.8, 4) is 45.3 Å². The number of para-hydroxylation sites is 2. The molecule has 0 aliphatic carbocycles.